The molecular weight excluding hydrogens is 234 g/mol. The standard InChI is InChI=1S/C12H17N3O3/c1-3-5-14-11(16)8(2)15-10-7-9(12(17)18)4-6-13-10/h4,6-8H,3,5H2,1-2H3,(H,13,15)(H,14,16)(H,17,18). The Balaban J connectivity index is 2.63. The van der Waals surface area contributed by atoms with Crippen molar-refractivity contribution in [1.82, 2.24) is 10.3 Å². The number of pyridine rings is 1. The van der Waals surface area contributed by atoms with Crippen LogP contribution in [0.3, 0.4) is 0 Å². The molecule has 3 N–H and O–H groups in total. The molecule has 0 aromatic carbocycles. The van der Waals surface area contributed by atoms with E-state index in [0.29, 0.717) is 12.4 Å². The molecule has 18 heavy (non-hydrogen) atoms. The van der Waals surface area contributed by atoms with E-state index in [9.17, 15) is 9.59 Å². The van der Waals surface area contributed by atoms with E-state index < -0.39 is 12.0 Å². The monoisotopic (exact) mass is 251 g/mol. The molecule has 6 nitrogen and oxygen atoms in total. The van der Waals surface area contributed by atoms with Crippen molar-refractivity contribution in [2.45, 2.75) is 26.3 Å². The molecule has 0 aliphatic heterocycles. The second kappa shape index (κ2) is 6.58. The Morgan fingerprint density at radius 2 is 2.22 bits per heavy atom. The number of aromatic nitrogens is 1. The smallest absolute Gasteiger partial charge is 0.335 e. The molecule has 0 fully saturated rings. The maximum Gasteiger partial charge on any atom is 0.335 e. The van der Waals surface area contributed by atoms with Crippen LogP contribution in [0.5, 0.6) is 0 Å². The third-order valence-electron chi connectivity index (χ3n) is 2.31. The lowest BCUT2D eigenvalue weighted by molar-refractivity contribution is -0.121. The minimum absolute atomic E-state index is 0.133. The van der Waals surface area contributed by atoms with Gasteiger partial charge in [0.1, 0.15) is 11.9 Å². The van der Waals surface area contributed by atoms with Crippen LogP contribution in [-0.4, -0.2) is 34.6 Å². The molecule has 6 heteroatoms. The molecule has 1 heterocycles. The predicted octanol–water partition coefficient (Wildman–Crippen LogP) is 1.11. The molecule has 0 bridgehead atoms. The molecule has 0 aliphatic carbocycles. The maximum atomic E-state index is 11.6. The van der Waals surface area contributed by atoms with E-state index in [1.165, 1.54) is 18.3 Å². The lowest BCUT2D eigenvalue weighted by Crippen LogP contribution is -2.38. The number of rotatable bonds is 6. The largest absolute Gasteiger partial charge is 0.478 e. The topological polar surface area (TPSA) is 91.3 Å². The molecular formula is C12H17N3O3. The van der Waals surface area contributed by atoms with Gasteiger partial charge in [-0.05, 0) is 25.5 Å². The number of nitrogens with one attached hydrogen (secondary N) is 2. The van der Waals surface area contributed by atoms with E-state index in [1.807, 2.05) is 6.92 Å². The summed E-state index contributed by atoms with van der Waals surface area (Å²) in [5.41, 5.74) is 0.133. The van der Waals surface area contributed by atoms with E-state index in [1.54, 1.807) is 6.92 Å². The zero-order chi connectivity index (χ0) is 13.5. The summed E-state index contributed by atoms with van der Waals surface area (Å²) >= 11 is 0. The summed E-state index contributed by atoms with van der Waals surface area (Å²) in [6.07, 6.45) is 2.26. The van der Waals surface area contributed by atoms with Crippen LogP contribution in [0.4, 0.5) is 5.82 Å². The van der Waals surface area contributed by atoms with E-state index in [0.717, 1.165) is 6.42 Å². The fourth-order valence-corrected chi connectivity index (χ4v) is 1.33. The average molecular weight is 251 g/mol. The Morgan fingerprint density at radius 1 is 1.50 bits per heavy atom. The Bertz CT molecular complexity index is 434. The normalized spacial score (nSPS) is 11.7. The fourth-order valence-electron chi connectivity index (χ4n) is 1.33. The van der Waals surface area contributed by atoms with Crippen molar-refractivity contribution in [3.8, 4) is 0 Å². The van der Waals surface area contributed by atoms with Crippen molar-refractivity contribution < 1.29 is 14.7 Å². The van der Waals surface area contributed by atoms with E-state index >= 15 is 0 Å². The van der Waals surface area contributed by atoms with Crippen molar-refractivity contribution in [2.75, 3.05) is 11.9 Å². The Labute approximate surface area is 105 Å². The first-order valence-electron chi connectivity index (χ1n) is 5.78. The third kappa shape index (κ3) is 4.04. The van der Waals surface area contributed by atoms with Gasteiger partial charge < -0.3 is 15.7 Å². The average Bonchev–Trinajstić information content (AvgIpc) is 2.36. The molecule has 98 valence electrons. The van der Waals surface area contributed by atoms with Crippen LogP contribution in [0.15, 0.2) is 18.3 Å². The van der Waals surface area contributed by atoms with E-state index in [-0.39, 0.29) is 11.5 Å². The number of amides is 1. The minimum Gasteiger partial charge on any atom is -0.478 e. The van der Waals surface area contributed by atoms with Crippen LogP contribution in [0.25, 0.3) is 0 Å². The van der Waals surface area contributed by atoms with Crippen LogP contribution in [0.1, 0.15) is 30.6 Å². The molecule has 0 saturated heterocycles. The highest BCUT2D eigenvalue weighted by atomic mass is 16.4. The first-order valence-corrected chi connectivity index (χ1v) is 5.78. The highest BCUT2D eigenvalue weighted by molar-refractivity contribution is 5.89. The number of carboxylic acid groups (broad SMARTS) is 1. The van der Waals surface area contributed by atoms with Crippen molar-refractivity contribution in [3.05, 3.63) is 23.9 Å². The summed E-state index contributed by atoms with van der Waals surface area (Å²) in [5.74, 6) is -0.794. The number of carboxylic acids is 1. The quantitative estimate of drug-likeness (QED) is 0.704. The number of hydrogen-bond donors (Lipinski definition) is 3. The molecule has 1 rings (SSSR count). The maximum absolute atomic E-state index is 11.6. The van der Waals surface area contributed by atoms with Gasteiger partial charge >= 0.3 is 5.97 Å². The molecule has 1 aromatic heterocycles. The van der Waals surface area contributed by atoms with Gasteiger partial charge in [0.05, 0.1) is 5.56 Å². The highest BCUT2D eigenvalue weighted by Gasteiger charge is 2.13. The molecule has 0 spiro atoms. The Hall–Kier alpha value is -2.11. The first-order chi connectivity index (χ1) is 8.54. The highest BCUT2D eigenvalue weighted by Crippen LogP contribution is 2.08. The number of hydrogen-bond acceptors (Lipinski definition) is 4. The second-order valence-electron chi connectivity index (χ2n) is 3.89. The fraction of sp³-hybridized carbons (Fsp3) is 0.417. The van der Waals surface area contributed by atoms with Crippen LogP contribution in [0, 0.1) is 0 Å². The third-order valence-corrected chi connectivity index (χ3v) is 2.31. The Morgan fingerprint density at radius 3 is 2.83 bits per heavy atom. The summed E-state index contributed by atoms with van der Waals surface area (Å²) in [7, 11) is 0. The zero-order valence-electron chi connectivity index (χ0n) is 10.4. The van der Waals surface area contributed by atoms with Gasteiger partial charge in [-0.2, -0.15) is 0 Å². The van der Waals surface area contributed by atoms with Crippen LogP contribution >= 0.6 is 0 Å². The number of carbonyl (C=O) groups excluding carboxylic acids is 1. The molecule has 1 aromatic rings. The SMILES string of the molecule is CCCNC(=O)C(C)Nc1cc(C(=O)O)ccn1. The van der Waals surface area contributed by atoms with Gasteiger partial charge in [-0.1, -0.05) is 6.92 Å². The molecule has 0 aliphatic rings. The van der Waals surface area contributed by atoms with Crippen LogP contribution in [-0.2, 0) is 4.79 Å². The molecule has 0 radical (unpaired) electrons. The Kier molecular flexibility index (Phi) is 5.10. The number of carbonyl (C=O) groups is 2. The number of anilines is 1. The zero-order valence-corrected chi connectivity index (χ0v) is 10.4. The van der Waals surface area contributed by atoms with Crippen molar-refractivity contribution in [2.24, 2.45) is 0 Å². The molecule has 1 amide bonds. The van der Waals surface area contributed by atoms with Gasteiger partial charge in [-0.3, -0.25) is 4.79 Å². The summed E-state index contributed by atoms with van der Waals surface area (Å²) in [5, 5.41) is 14.4. The van der Waals surface area contributed by atoms with Crippen LogP contribution < -0.4 is 10.6 Å². The van der Waals surface area contributed by atoms with E-state index in [4.69, 9.17) is 5.11 Å². The molecule has 1 atom stereocenters. The van der Waals surface area contributed by atoms with E-state index in [2.05, 4.69) is 15.6 Å². The summed E-state index contributed by atoms with van der Waals surface area (Å²) in [6.45, 7) is 4.28. The molecule has 0 saturated carbocycles. The van der Waals surface area contributed by atoms with Crippen molar-refractivity contribution in [3.63, 3.8) is 0 Å². The minimum atomic E-state index is -1.02. The van der Waals surface area contributed by atoms with Gasteiger partial charge in [0.15, 0.2) is 0 Å². The summed E-state index contributed by atoms with van der Waals surface area (Å²) < 4.78 is 0. The predicted molar refractivity (Wildman–Crippen MR) is 67.6 cm³/mol. The van der Waals surface area contributed by atoms with Gasteiger partial charge in [-0.15, -0.1) is 0 Å². The van der Waals surface area contributed by atoms with Gasteiger partial charge in [0.2, 0.25) is 5.91 Å². The lowest BCUT2D eigenvalue weighted by atomic mass is 10.2. The second-order valence-corrected chi connectivity index (χ2v) is 3.89. The van der Waals surface area contributed by atoms with Gasteiger partial charge in [-0.25, -0.2) is 9.78 Å². The number of nitrogens with zero attached hydrogens (tertiary/aromatic N) is 1. The van der Waals surface area contributed by atoms with Gasteiger partial charge in [0.25, 0.3) is 0 Å². The van der Waals surface area contributed by atoms with Crippen LogP contribution in [0.2, 0.25) is 0 Å². The summed E-state index contributed by atoms with van der Waals surface area (Å²) in [6, 6.07) is 2.33. The first kappa shape index (κ1) is 14.0. The molecule has 1 unspecified atom stereocenters. The summed E-state index contributed by atoms with van der Waals surface area (Å²) in [4.78, 5) is 26.4. The van der Waals surface area contributed by atoms with Crippen molar-refractivity contribution >= 4 is 17.7 Å². The van der Waals surface area contributed by atoms with Gasteiger partial charge in [0, 0.05) is 12.7 Å². The number of aromatic carboxylic acids is 1. The lowest BCUT2D eigenvalue weighted by Gasteiger charge is -2.14. The van der Waals surface area contributed by atoms with Crippen molar-refractivity contribution in [1.29, 1.82) is 0 Å².